The third-order valence-electron chi connectivity index (χ3n) is 1.10. The van der Waals surface area contributed by atoms with Gasteiger partial charge in [0.2, 0.25) is 0 Å². The van der Waals surface area contributed by atoms with Gasteiger partial charge < -0.3 is 10.0 Å². The van der Waals surface area contributed by atoms with Gasteiger partial charge >= 0.3 is 0 Å². The summed E-state index contributed by atoms with van der Waals surface area (Å²) >= 11 is 0. The highest BCUT2D eigenvalue weighted by Crippen LogP contribution is 1.90. The van der Waals surface area contributed by atoms with Gasteiger partial charge in [0.05, 0.1) is 0 Å². The first kappa shape index (κ1) is 8.94. The molecule has 0 radical (unpaired) electrons. The Morgan fingerprint density at radius 3 is 2.50 bits per heavy atom. The fourth-order valence-electron chi connectivity index (χ4n) is 0.554. The second kappa shape index (κ2) is 4.78. The summed E-state index contributed by atoms with van der Waals surface area (Å²) in [6.07, 6.45) is 0.698. The SMILES string of the molecule is CC/C(=N\OC)C(C)=NO. The Morgan fingerprint density at radius 2 is 2.20 bits per heavy atom. The molecule has 0 aromatic rings. The molecule has 0 aliphatic heterocycles. The first-order chi connectivity index (χ1) is 4.76. The lowest BCUT2D eigenvalue weighted by Gasteiger charge is -1.97. The maximum absolute atomic E-state index is 8.31. The van der Waals surface area contributed by atoms with Gasteiger partial charge in [-0.25, -0.2) is 0 Å². The van der Waals surface area contributed by atoms with Gasteiger partial charge in [-0.1, -0.05) is 17.2 Å². The van der Waals surface area contributed by atoms with Crippen molar-refractivity contribution in [2.45, 2.75) is 20.3 Å². The monoisotopic (exact) mass is 144 g/mol. The molecule has 0 saturated carbocycles. The van der Waals surface area contributed by atoms with Crippen molar-refractivity contribution in [3.05, 3.63) is 0 Å². The number of hydrogen-bond donors (Lipinski definition) is 1. The highest BCUT2D eigenvalue weighted by molar-refractivity contribution is 6.41. The van der Waals surface area contributed by atoms with Gasteiger partial charge in [0.1, 0.15) is 18.5 Å². The van der Waals surface area contributed by atoms with Crippen molar-refractivity contribution in [3.63, 3.8) is 0 Å². The van der Waals surface area contributed by atoms with Crippen molar-refractivity contribution < 1.29 is 10.0 Å². The van der Waals surface area contributed by atoms with Crippen LogP contribution in [0.15, 0.2) is 10.3 Å². The van der Waals surface area contributed by atoms with Crippen LogP contribution in [-0.4, -0.2) is 23.7 Å². The lowest BCUT2D eigenvalue weighted by atomic mass is 10.2. The lowest BCUT2D eigenvalue weighted by Crippen LogP contribution is -2.09. The van der Waals surface area contributed by atoms with Gasteiger partial charge in [0.15, 0.2) is 0 Å². The molecule has 0 aliphatic rings. The van der Waals surface area contributed by atoms with Gasteiger partial charge in [-0.05, 0) is 13.3 Å². The zero-order chi connectivity index (χ0) is 7.98. The van der Waals surface area contributed by atoms with E-state index in [4.69, 9.17) is 5.21 Å². The second-order valence-electron chi connectivity index (χ2n) is 1.76. The van der Waals surface area contributed by atoms with Gasteiger partial charge in [0, 0.05) is 0 Å². The van der Waals surface area contributed by atoms with Crippen LogP contribution < -0.4 is 0 Å². The average molecular weight is 144 g/mol. The van der Waals surface area contributed by atoms with E-state index < -0.39 is 0 Å². The molecule has 4 heteroatoms. The summed E-state index contributed by atoms with van der Waals surface area (Å²) < 4.78 is 0. The molecule has 0 saturated heterocycles. The summed E-state index contributed by atoms with van der Waals surface area (Å²) in [6.45, 7) is 3.58. The smallest absolute Gasteiger partial charge is 0.106 e. The molecular weight excluding hydrogens is 132 g/mol. The Labute approximate surface area is 60.2 Å². The summed E-state index contributed by atoms with van der Waals surface area (Å²) in [5, 5.41) is 14.9. The molecule has 10 heavy (non-hydrogen) atoms. The first-order valence-corrected chi connectivity index (χ1v) is 3.05. The Kier molecular flexibility index (Phi) is 4.28. The third kappa shape index (κ3) is 2.48. The largest absolute Gasteiger partial charge is 0.411 e. The lowest BCUT2D eigenvalue weighted by molar-refractivity contribution is 0.213. The predicted molar refractivity (Wildman–Crippen MR) is 39.6 cm³/mol. The van der Waals surface area contributed by atoms with Gasteiger partial charge in [-0.15, -0.1) is 0 Å². The molecule has 4 nitrogen and oxygen atoms in total. The molecule has 58 valence electrons. The van der Waals surface area contributed by atoms with E-state index in [1.165, 1.54) is 7.11 Å². The van der Waals surface area contributed by atoms with E-state index in [1.807, 2.05) is 6.92 Å². The number of hydrogen-bond acceptors (Lipinski definition) is 4. The quantitative estimate of drug-likeness (QED) is 0.368. The summed E-state index contributed by atoms with van der Waals surface area (Å²) in [4.78, 5) is 4.51. The standard InChI is InChI=1S/C6H12N2O2/c1-4-6(8-10-3)5(2)7-9/h9H,4H2,1-3H3/b7-5?,8-6+. The molecule has 0 rings (SSSR count). The van der Waals surface area contributed by atoms with Crippen molar-refractivity contribution >= 4 is 11.4 Å². The van der Waals surface area contributed by atoms with Crippen molar-refractivity contribution in [3.8, 4) is 0 Å². The van der Waals surface area contributed by atoms with E-state index in [1.54, 1.807) is 6.92 Å². The highest BCUT2D eigenvalue weighted by Gasteiger charge is 2.00. The Hall–Kier alpha value is -1.06. The molecule has 0 aliphatic carbocycles. The zero-order valence-corrected chi connectivity index (χ0v) is 6.46. The van der Waals surface area contributed by atoms with Crippen LogP contribution in [0.3, 0.4) is 0 Å². The number of nitrogens with zero attached hydrogens (tertiary/aromatic N) is 2. The minimum Gasteiger partial charge on any atom is -0.411 e. The molecule has 0 aromatic heterocycles. The van der Waals surface area contributed by atoms with Crippen molar-refractivity contribution in [2.24, 2.45) is 10.3 Å². The fraction of sp³-hybridized carbons (Fsp3) is 0.667. The van der Waals surface area contributed by atoms with Crippen LogP contribution in [0, 0.1) is 0 Å². The van der Waals surface area contributed by atoms with Crippen LogP contribution in [0.25, 0.3) is 0 Å². The van der Waals surface area contributed by atoms with Crippen molar-refractivity contribution in [1.82, 2.24) is 0 Å². The predicted octanol–water partition coefficient (Wildman–Crippen LogP) is 1.25. The Morgan fingerprint density at radius 1 is 1.60 bits per heavy atom. The fourth-order valence-corrected chi connectivity index (χ4v) is 0.554. The molecule has 1 N–H and O–H groups in total. The summed E-state index contributed by atoms with van der Waals surface area (Å²) in [6, 6.07) is 0. The normalized spacial score (nSPS) is 13.5. The Balaban J connectivity index is 4.21. The number of rotatable bonds is 3. The molecule has 0 atom stereocenters. The van der Waals surface area contributed by atoms with Crippen LogP contribution >= 0.6 is 0 Å². The molecule has 0 amide bonds. The third-order valence-corrected chi connectivity index (χ3v) is 1.10. The molecule has 0 spiro atoms. The minimum atomic E-state index is 0.490. The Bertz CT molecular complexity index is 152. The van der Waals surface area contributed by atoms with Crippen molar-refractivity contribution in [2.75, 3.05) is 7.11 Å². The van der Waals surface area contributed by atoms with Crippen LogP contribution in [0.4, 0.5) is 0 Å². The van der Waals surface area contributed by atoms with E-state index >= 15 is 0 Å². The topological polar surface area (TPSA) is 54.2 Å². The van der Waals surface area contributed by atoms with Gasteiger partial charge in [-0.3, -0.25) is 0 Å². The molecule has 0 fully saturated rings. The molecular formula is C6H12N2O2. The van der Waals surface area contributed by atoms with Crippen molar-refractivity contribution in [1.29, 1.82) is 0 Å². The van der Waals surface area contributed by atoms with Crippen LogP contribution in [-0.2, 0) is 4.84 Å². The molecule has 0 bridgehead atoms. The zero-order valence-electron chi connectivity index (χ0n) is 6.46. The molecule has 0 aromatic carbocycles. The van der Waals surface area contributed by atoms with Crippen LogP contribution in [0.5, 0.6) is 0 Å². The summed E-state index contributed by atoms with van der Waals surface area (Å²) in [7, 11) is 1.46. The first-order valence-electron chi connectivity index (χ1n) is 3.05. The maximum Gasteiger partial charge on any atom is 0.106 e. The van der Waals surface area contributed by atoms with Crippen LogP contribution in [0.1, 0.15) is 20.3 Å². The minimum absolute atomic E-state index is 0.490. The van der Waals surface area contributed by atoms with Gasteiger partial charge in [-0.2, -0.15) is 0 Å². The average Bonchev–Trinajstić information content (AvgIpc) is 1.99. The van der Waals surface area contributed by atoms with E-state index in [2.05, 4.69) is 15.1 Å². The summed E-state index contributed by atoms with van der Waals surface area (Å²) in [5.41, 5.74) is 1.15. The number of oxime groups is 2. The van der Waals surface area contributed by atoms with E-state index in [-0.39, 0.29) is 0 Å². The highest BCUT2D eigenvalue weighted by atomic mass is 16.6. The maximum atomic E-state index is 8.31. The van der Waals surface area contributed by atoms with Crippen LogP contribution in [0.2, 0.25) is 0 Å². The summed E-state index contributed by atoms with van der Waals surface area (Å²) in [5.74, 6) is 0. The molecule has 0 unspecified atom stereocenters. The van der Waals surface area contributed by atoms with E-state index in [0.29, 0.717) is 17.8 Å². The molecule has 0 heterocycles. The van der Waals surface area contributed by atoms with E-state index in [0.717, 1.165) is 0 Å². The second-order valence-corrected chi connectivity index (χ2v) is 1.76. The van der Waals surface area contributed by atoms with E-state index in [9.17, 15) is 0 Å². The van der Waals surface area contributed by atoms with Gasteiger partial charge in [0.25, 0.3) is 0 Å².